The van der Waals surface area contributed by atoms with Gasteiger partial charge < -0.3 is 5.32 Å². The number of anilines is 1. The number of rotatable bonds is 5. The van der Waals surface area contributed by atoms with E-state index in [1.807, 2.05) is 0 Å². The lowest BCUT2D eigenvalue weighted by atomic mass is 10.1. The molecular formula is C15H20N4. The van der Waals surface area contributed by atoms with Crippen LogP contribution in [-0.2, 0) is 6.54 Å². The van der Waals surface area contributed by atoms with Crippen LogP contribution >= 0.6 is 0 Å². The summed E-state index contributed by atoms with van der Waals surface area (Å²) in [5.41, 5.74) is 1.42. The van der Waals surface area contributed by atoms with Gasteiger partial charge in [0.2, 0.25) is 5.95 Å². The molecule has 1 aliphatic rings. The molecule has 0 aliphatic heterocycles. The molecule has 0 bridgehead atoms. The molecule has 1 heterocycles. The van der Waals surface area contributed by atoms with Crippen molar-refractivity contribution in [3.8, 4) is 0 Å². The van der Waals surface area contributed by atoms with Crippen molar-refractivity contribution in [1.29, 1.82) is 0 Å². The summed E-state index contributed by atoms with van der Waals surface area (Å²) >= 11 is 0. The van der Waals surface area contributed by atoms with Crippen LogP contribution in [0.15, 0.2) is 30.3 Å². The highest BCUT2D eigenvalue weighted by Crippen LogP contribution is 2.54. The fourth-order valence-electron chi connectivity index (χ4n) is 2.74. The Morgan fingerprint density at radius 1 is 1.16 bits per heavy atom. The number of hydrogen-bond acceptors (Lipinski definition) is 3. The first kappa shape index (κ1) is 12.2. The maximum Gasteiger partial charge on any atom is 0.224 e. The minimum Gasteiger partial charge on any atom is -0.355 e. The lowest BCUT2D eigenvalue weighted by Crippen LogP contribution is -2.08. The van der Waals surface area contributed by atoms with E-state index in [-0.39, 0.29) is 0 Å². The van der Waals surface area contributed by atoms with Crippen LogP contribution in [0.4, 0.5) is 5.95 Å². The van der Waals surface area contributed by atoms with Gasteiger partial charge in [-0.2, -0.15) is 0 Å². The minimum atomic E-state index is 0.530. The number of hydrogen-bond donors (Lipinski definition) is 1. The smallest absolute Gasteiger partial charge is 0.224 e. The van der Waals surface area contributed by atoms with E-state index in [2.05, 4.69) is 64.3 Å². The number of nitrogens with one attached hydrogen (secondary N) is 1. The van der Waals surface area contributed by atoms with E-state index in [1.165, 1.54) is 12.0 Å². The van der Waals surface area contributed by atoms with Crippen molar-refractivity contribution >= 4 is 5.95 Å². The van der Waals surface area contributed by atoms with E-state index in [4.69, 9.17) is 0 Å². The summed E-state index contributed by atoms with van der Waals surface area (Å²) in [6.45, 7) is 6.03. The topological polar surface area (TPSA) is 42.7 Å². The molecule has 1 aromatic carbocycles. The van der Waals surface area contributed by atoms with Crippen molar-refractivity contribution in [2.24, 2.45) is 0 Å². The zero-order chi connectivity index (χ0) is 13.2. The van der Waals surface area contributed by atoms with E-state index >= 15 is 0 Å². The van der Waals surface area contributed by atoms with Crippen LogP contribution in [0.1, 0.15) is 43.5 Å². The molecule has 1 saturated carbocycles. The molecule has 0 amide bonds. The average molecular weight is 256 g/mol. The van der Waals surface area contributed by atoms with Crippen LogP contribution in [-0.4, -0.2) is 21.3 Å². The van der Waals surface area contributed by atoms with Crippen molar-refractivity contribution in [2.75, 3.05) is 11.9 Å². The Morgan fingerprint density at radius 2 is 1.95 bits per heavy atom. The zero-order valence-corrected chi connectivity index (χ0v) is 11.5. The summed E-state index contributed by atoms with van der Waals surface area (Å²) in [5, 5.41) is 11.9. The Labute approximate surface area is 113 Å². The molecule has 0 saturated heterocycles. The van der Waals surface area contributed by atoms with Crippen LogP contribution in [0.3, 0.4) is 0 Å². The first-order chi connectivity index (χ1) is 9.35. The van der Waals surface area contributed by atoms with Gasteiger partial charge in [0.15, 0.2) is 0 Å². The summed E-state index contributed by atoms with van der Waals surface area (Å²) in [5.74, 6) is 3.18. The predicted octanol–water partition coefficient (Wildman–Crippen LogP) is 3.00. The monoisotopic (exact) mass is 256 g/mol. The van der Waals surface area contributed by atoms with E-state index in [0.717, 1.165) is 24.9 Å². The SMILES string of the molecule is CCNc1nnc(C2CC2c2ccccc2)n1CC. The van der Waals surface area contributed by atoms with Gasteiger partial charge in [-0.3, -0.25) is 4.57 Å². The van der Waals surface area contributed by atoms with Gasteiger partial charge in [0.05, 0.1) is 0 Å². The molecule has 0 spiro atoms. The van der Waals surface area contributed by atoms with Crippen LogP contribution < -0.4 is 5.32 Å². The molecule has 4 heteroatoms. The number of aromatic nitrogens is 3. The van der Waals surface area contributed by atoms with Gasteiger partial charge in [-0.25, -0.2) is 0 Å². The predicted molar refractivity (Wildman–Crippen MR) is 76.4 cm³/mol. The number of benzene rings is 1. The summed E-state index contributed by atoms with van der Waals surface area (Å²) in [6.07, 6.45) is 1.19. The largest absolute Gasteiger partial charge is 0.355 e. The molecule has 2 unspecified atom stereocenters. The second-order valence-corrected chi connectivity index (χ2v) is 5.02. The van der Waals surface area contributed by atoms with E-state index in [9.17, 15) is 0 Å². The molecule has 1 aromatic heterocycles. The van der Waals surface area contributed by atoms with Crippen molar-refractivity contribution in [1.82, 2.24) is 14.8 Å². The summed E-state index contributed by atoms with van der Waals surface area (Å²) in [7, 11) is 0. The summed E-state index contributed by atoms with van der Waals surface area (Å²) in [6, 6.07) is 10.7. The molecule has 4 nitrogen and oxygen atoms in total. The fourth-order valence-corrected chi connectivity index (χ4v) is 2.74. The third kappa shape index (κ3) is 2.23. The van der Waals surface area contributed by atoms with Crippen LogP contribution in [0.5, 0.6) is 0 Å². The summed E-state index contributed by atoms with van der Waals surface area (Å²) < 4.78 is 2.21. The van der Waals surface area contributed by atoms with Gasteiger partial charge in [-0.1, -0.05) is 30.3 Å². The standard InChI is InChI=1S/C15H20N4/c1-3-16-15-18-17-14(19(15)4-2)13-10-12(13)11-8-6-5-7-9-11/h5-9,12-13H,3-4,10H2,1-2H3,(H,16,18). The Hall–Kier alpha value is -1.84. The molecule has 1 fully saturated rings. The Bertz CT molecular complexity index is 547. The molecule has 19 heavy (non-hydrogen) atoms. The van der Waals surface area contributed by atoms with Gasteiger partial charge in [0.25, 0.3) is 0 Å². The minimum absolute atomic E-state index is 0.530. The molecule has 0 radical (unpaired) electrons. The Morgan fingerprint density at radius 3 is 2.63 bits per heavy atom. The Balaban J connectivity index is 1.81. The van der Waals surface area contributed by atoms with Gasteiger partial charge in [0.1, 0.15) is 5.82 Å². The summed E-state index contributed by atoms with van der Waals surface area (Å²) in [4.78, 5) is 0. The maximum absolute atomic E-state index is 4.39. The number of nitrogens with zero attached hydrogens (tertiary/aromatic N) is 3. The van der Waals surface area contributed by atoms with Crippen molar-refractivity contribution in [2.45, 2.75) is 38.6 Å². The average Bonchev–Trinajstić information content (AvgIpc) is 3.15. The van der Waals surface area contributed by atoms with Gasteiger partial charge >= 0.3 is 0 Å². The normalized spacial score (nSPS) is 21.4. The van der Waals surface area contributed by atoms with Gasteiger partial charge in [-0.05, 0) is 31.7 Å². The van der Waals surface area contributed by atoms with Crippen molar-refractivity contribution < 1.29 is 0 Å². The Kier molecular flexibility index (Phi) is 3.23. The molecule has 1 aliphatic carbocycles. The van der Waals surface area contributed by atoms with Crippen LogP contribution in [0.2, 0.25) is 0 Å². The zero-order valence-electron chi connectivity index (χ0n) is 11.5. The third-order valence-electron chi connectivity index (χ3n) is 3.78. The lowest BCUT2D eigenvalue weighted by molar-refractivity contribution is 0.698. The first-order valence-electron chi connectivity index (χ1n) is 7.07. The molecule has 3 rings (SSSR count). The lowest BCUT2D eigenvalue weighted by Gasteiger charge is -2.07. The van der Waals surface area contributed by atoms with Crippen molar-refractivity contribution in [3.05, 3.63) is 41.7 Å². The van der Waals surface area contributed by atoms with E-state index in [0.29, 0.717) is 11.8 Å². The van der Waals surface area contributed by atoms with Crippen molar-refractivity contribution in [3.63, 3.8) is 0 Å². The third-order valence-corrected chi connectivity index (χ3v) is 3.78. The molecule has 100 valence electrons. The highest BCUT2D eigenvalue weighted by atomic mass is 15.4. The second-order valence-electron chi connectivity index (χ2n) is 5.02. The quantitative estimate of drug-likeness (QED) is 0.894. The molecule has 2 atom stereocenters. The van der Waals surface area contributed by atoms with E-state index < -0.39 is 0 Å². The molecular weight excluding hydrogens is 236 g/mol. The molecule has 1 N–H and O–H groups in total. The van der Waals surface area contributed by atoms with Crippen LogP contribution in [0, 0.1) is 0 Å². The maximum atomic E-state index is 4.39. The highest BCUT2D eigenvalue weighted by molar-refractivity contribution is 5.34. The van der Waals surface area contributed by atoms with Gasteiger partial charge in [-0.15, -0.1) is 10.2 Å². The van der Waals surface area contributed by atoms with Crippen LogP contribution in [0.25, 0.3) is 0 Å². The van der Waals surface area contributed by atoms with E-state index in [1.54, 1.807) is 0 Å². The van der Waals surface area contributed by atoms with Gasteiger partial charge in [0, 0.05) is 19.0 Å². The first-order valence-corrected chi connectivity index (χ1v) is 7.07. The highest BCUT2D eigenvalue weighted by Gasteiger charge is 2.43. The second kappa shape index (κ2) is 5.03. The fraction of sp³-hybridized carbons (Fsp3) is 0.467. The molecule has 2 aromatic rings.